The Balaban J connectivity index is 2.41. The van der Waals surface area contributed by atoms with Crippen molar-refractivity contribution in [1.82, 2.24) is 0 Å². The van der Waals surface area contributed by atoms with E-state index in [1.54, 1.807) is 0 Å². The average molecular weight is 264 g/mol. The predicted octanol–water partition coefficient (Wildman–Crippen LogP) is 5.78. The van der Waals surface area contributed by atoms with E-state index in [0.717, 1.165) is 6.42 Å². The highest BCUT2D eigenvalue weighted by Gasteiger charge is 2.05. The van der Waals surface area contributed by atoms with Crippen molar-refractivity contribution in [3.05, 3.63) is 76.9 Å². The van der Waals surface area contributed by atoms with Gasteiger partial charge in [-0.05, 0) is 42.9 Å². The summed E-state index contributed by atoms with van der Waals surface area (Å²) in [5.74, 6) is 0.681. The van der Waals surface area contributed by atoms with Gasteiger partial charge < -0.3 is 0 Å². The van der Waals surface area contributed by atoms with Crippen molar-refractivity contribution in [1.29, 1.82) is 0 Å². The highest BCUT2D eigenvalue weighted by molar-refractivity contribution is 5.79. The Hall–Kier alpha value is -1.82. The van der Waals surface area contributed by atoms with Crippen LogP contribution in [-0.2, 0) is 0 Å². The fourth-order valence-electron chi connectivity index (χ4n) is 2.22. The van der Waals surface area contributed by atoms with Gasteiger partial charge in [-0.15, -0.1) is 0 Å². The Bertz CT molecular complexity index is 521. The zero-order valence-electron chi connectivity index (χ0n) is 13.0. The van der Waals surface area contributed by atoms with Crippen LogP contribution in [0.15, 0.2) is 54.6 Å². The lowest BCUT2D eigenvalue weighted by Gasteiger charge is -2.11. The molecule has 0 unspecified atom stereocenters. The van der Waals surface area contributed by atoms with E-state index in [-0.39, 0.29) is 0 Å². The molecule has 0 heteroatoms. The number of hydrogen-bond acceptors (Lipinski definition) is 0. The predicted molar refractivity (Wildman–Crippen MR) is 88.9 cm³/mol. The summed E-state index contributed by atoms with van der Waals surface area (Å²) in [5, 5.41) is 0. The zero-order valence-corrected chi connectivity index (χ0v) is 13.0. The quantitative estimate of drug-likeness (QED) is 0.656. The van der Waals surface area contributed by atoms with Crippen LogP contribution in [0.25, 0.3) is 5.57 Å². The first-order valence-corrected chi connectivity index (χ1v) is 7.40. The van der Waals surface area contributed by atoms with Crippen molar-refractivity contribution < 1.29 is 0 Å². The molecular formula is C20H24. The van der Waals surface area contributed by atoms with Crippen molar-refractivity contribution in [2.75, 3.05) is 0 Å². The van der Waals surface area contributed by atoms with E-state index in [9.17, 15) is 0 Å². The molecule has 0 aliphatic rings. The van der Waals surface area contributed by atoms with Crippen LogP contribution >= 0.6 is 0 Å². The highest BCUT2D eigenvalue weighted by Crippen LogP contribution is 2.25. The van der Waals surface area contributed by atoms with Crippen molar-refractivity contribution in [2.45, 2.75) is 34.1 Å². The maximum Gasteiger partial charge on any atom is -0.0151 e. The number of aryl methyl sites for hydroxylation is 2. The fraction of sp³-hybridized carbons (Fsp3) is 0.300. The van der Waals surface area contributed by atoms with Gasteiger partial charge in [0.25, 0.3) is 0 Å². The normalized spacial score (nSPS) is 10.7. The Kier molecular flexibility index (Phi) is 4.79. The number of benzene rings is 2. The van der Waals surface area contributed by atoms with Gasteiger partial charge in [0.05, 0.1) is 0 Å². The second-order valence-electron chi connectivity index (χ2n) is 5.98. The first-order valence-electron chi connectivity index (χ1n) is 7.40. The van der Waals surface area contributed by atoms with Crippen LogP contribution in [0, 0.1) is 19.8 Å². The van der Waals surface area contributed by atoms with Gasteiger partial charge in [0.15, 0.2) is 0 Å². The molecule has 0 radical (unpaired) electrons. The Morgan fingerprint density at radius 3 is 1.55 bits per heavy atom. The van der Waals surface area contributed by atoms with Crippen LogP contribution in [0.4, 0.5) is 0 Å². The van der Waals surface area contributed by atoms with Gasteiger partial charge in [-0.25, -0.2) is 0 Å². The first kappa shape index (κ1) is 14.6. The summed E-state index contributed by atoms with van der Waals surface area (Å²) >= 11 is 0. The topological polar surface area (TPSA) is 0 Å². The van der Waals surface area contributed by atoms with E-state index in [1.165, 1.54) is 27.8 Å². The smallest absolute Gasteiger partial charge is 0.0151 e. The summed E-state index contributed by atoms with van der Waals surface area (Å²) in [4.78, 5) is 0. The van der Waals surface area contributed by atoms with Crippen LogP contribution in [0.1, 0.15) is 42.5 Å². The standard InChI is InChI=1S/C20H24/c1-15(2)5-14-20(18-10-6-16(3)7-11-18)19-12-8-17(4)9-13-19/h6-15H,5H2,1-4H3. The Morgan fingerprint density at radius 2 is 1.20 bits per heavy atom. The monoisotopic (exact) mass is 264 g/mol. The lowest BCUT2D eigenvalue weighted by atomic mass is 9.94. The molecule has 0 fully saturated rings. The third-order valence-electron chi connectivity index (χ3n) is 3.52. The van der Waals surface area contributed by atoms with Crippen molar-refractivity contribution >= 4 is 5.57 Å². The molecule has 0 nitrogen and oxygen atoms in total. The maximum absolute atomic E-state index is 2.38. The van der Waals surface area contributed by atoms with Crippen LogP contribution in [0.3, 0.4) is 0 Å². The average Bonchev–Trinajstić information content (AvgIpc) is 2.42. The van der Waals surface area contributed by atoms with Crippen molar-refractivity contribution in [3.63, 3.8) is 0 Å². The molecular weight excluding hydrogens is 240 g/mol. The summed E-state index contributed by atoms with van der Waals surface area (Å²) in [6, 6.07) is 17.6. The lowest BCUT2D eigenvalue weighted by molar-refractivity contribution is 0.664. The Labute approximate surface area is 123 Å². The summed E-state index contributed by atoms with van der Waals surface area (Å²) in [5.41, 5.74) is 6.57. The molecule has 0 N–H and O–H groups in total. The molecule has 2 aromatic carbocycles. The molecule has 0 bridgehead atoms. The minimum absolute atomic E-state index is 0.681. The molecule has 0 atom stereocenters. The molecule has 104 valence electrons. The SMILES string of the molecule is Cc1ccc(C(=CCC(C)C)c2ccc(C)cc2)cc1. The number of rotatable bonds is 4. The number of allylic oxidation sites excluding steroid dienone is 1. The maximum atomic E-state index is 2.38. The molecule has 2 aromatic rings. The van der Waals surface area contributed by atoms with Crippen LogP contribution in [-0.4, -0.2) is 0 Å². The largest absolute Gasteiger partial charge is 0.0758 e. The van der Waals surface area contributed by atoms with E-state index in [2.05, 4.69) is 82.3 Å². The van der Waals surface area contributed by atoms with Crippen molar-refractivity contribution in [2.24, 2.45) is 5.92 Å². The fourth-order valence-corrected chi connectivity index (χ4v) is 2.22. The second kappa shape index (κ2) is 6.56. The van der Waals surface area contributed by atoms with E-state index in [0.29, 0.717) is 5.92 Å². The molecule has 0 heterocycles. The summed E-state index contributed by atoms with van der Waals surface area (Å²) in [7, 11) is 0. The lowest BCUT2D eigenvalue weighted by Crippen LogP contribution is -1.91. The van der Waals surface area contributed by atoms with Crippen molar-refractivity contribution in [3.8, 4) is 0 Å². The van der Waals surface area contributed by atoms with E-state index in [4.69, 9.17) is 0 Å². The molecule has 0 aliphatic heterocycles. The van der Waals surface area contributed by atoms with Gasteiger partial charge in [0.1, 0.15) is 0 Å². The van der Waals surface area contributed by atoms with Gasteiger partial charge in [-0.3, -0.25) is 0 Å². The molecule has 2 rings (SSSR count). The Morgan fingerprint density at radius 1 is 0.800 bits per heavy atom. The third kappa shape index (κ3) is 3.84. The highest BCUT2D eigenvalue weighted by atomic mass is 14.1. The third-order valence-corrected chi connectivity index (χ3v) is 3.52. The first-order chi connectivity index (χ1) is 9.56. The van der Waals surface area contributed by atoms with E-state index >= 15 is 0 Å². The molecule has 0 aromatic heterocycles. The minimum Gasteiger partial charge on any atom is -0.0758 e. The van der Waals surface area contributed by atoms with Gasteiger partial charge in [0.2, 0.25) is 0 Å². The zero-order chi connectivity index (χ0) is 14.5. The van der Waals surface area contributed by atoms with Gasteiger partial charge in [-0.2, -0.15) is 0 Å². The van der Waals surface area contributed by atoms with Crippen LogP contribution in [0.5, 0.6) is 0 Å². The van der Waals surface area contributed by atoms with Crippen LogP contribution in [0.2, 0.25) is 0 Å². The van der Waals surface area contributed by atoms with Gasteiger partial charge in [-0.1, -0.05) is 79.6 Å². The summed E-state index contributed by atoms with van der Waals surface area (Å²) in [6.07, 6.45) is 3.48. The van der Waals surface area contributed by atoms with E-state index < -0.39 is 0 Å². The minimum atomic E-state index is 0.681. The van der Waals surface area contributed by atoms with E-state index in [1.807, 2.05) is 0 Å². The second-order valence-corrected chi connectivity index (χ2v) is 5.98. The molecule has 0 spiro atoms. The summed E-state index contributed by atoms with van der Waals surface area (Å²) in [6.45, 7) is 8.79. The molecule has 0 saturated heterocycles. The van der Waals surface area contributed by atoms with Gasteiger partial charge >= 0.3 is 0 Å². The number of hydrogen-bond donors (Lipinski definition) is 0. The molecule has 0 amide bonds. The van der Waals surface area contributed by atoms with Gasteiger partial charge in [0, 0.05) is 0 Å². The van der Waals surface area contributed by atoms with Crippen LogP contribution < -0.4 is 0 Å². The molecule has 0 aliphatic carbocycles. The molecule has 0 saturated carbocycles. The molecule has 20 heavy (non-hydrogen) atoms. The summed E-state index contributed by atoms with van der Waals surface area (Å²) < 4.78 is 0.